The van der Waals surface area contributed by atoms with Gasteiger partial charge in [0.25, 0.3) is 5.91 Å². The maximum atomic E-state index is 12.3. The fraction of sp³-hybridized carbons (Fsp3) is 0.562. The average molecular weight is 344 g/mol. The van der Waals surface area contributed by atoms with Crippen molar-refractivity contribution >= 4 is 16.0 Å². The zero-order valence-corrected chi connectivity index (χ0v) is 15.4. The Hall–Kier alpha value is -1.44. The van der Waals surface area contributed by atoms with E-state index in [-0.39, 0.29) is 11.9 Å². The van der Waals surface area contributed by atoms with Crippen molar-refractivity contribution in [3.63, 3.8) is 0 Å². The molecule has 1 aromatic rings. The number of hydrogen-bond acceptors (Lipinski definition) is 4. The van der Waals surface area contributed by atoms with E-state index < -0.39 is 10.1 Å². The van der Waals surface area contributed by atoms with E-state index in [0.717, 1.165) is 29.7 Å². The van der Waals surface area contributed by atoms with Gasteiger partial charge < -0.3 is 14.4 Å². The lowest BCUT2D eigenvalue weighted by atomic mass is 10.0. The Morgan fingerprint density at radius 1 is 1.13 bits per heavy atom. The highest BCUT2D eigenvalue weighted by Crippen LogP contribution is 2.28. The van der Waals surface area contributed by atoms with Gasteiger partial charge in [0.1, 0.15) is 0 Å². The summed E-state index contributed by atoms with van der Waals surface area (Å²) in [5, 5.41) is 2.82. The molecule has 1 rings (SSSR count). The summed E-state index contributed by atoms with van der Waals surface area (Å²) in [6.07, 6.45) is 0.604. The van der Waals surface area contributed by atoms with E-state index in [4.69, 9.17) is 13.0 Å². The minimum atomic E-state index is -3.92. The Labute approximate surface area is 139 Å². The maximum absolute atomic E-state index is 12.3. The van der Waals surface area contributed by atoms with Gasteiger partial charge >= 0.3 is 0 Å². The summed E-state index contributed by atoms with van der Waals surface area (Å²) in [7, 11) is -2.20. The molecule has 0 spiro atoms. The Balaban J connectivity index is 0.000000841. The molecule has 23 heavy (non-hydrogen) atoms. The lowest BCUT2D eigenvalue weighted by Gasteiger charge is -2.42. The van der Waals surface area contributed by atoms with E-state index in [1.807, 2.05) is 30.3 Å². The van der Waals surface area contributed by atoms with Gasteiger partial charge in [0.2, 0.25) is 0 Å². The quantitative estimate of drug-likeness (QED) is 0.626. The Kier molecular flexibility index (Phi) is 9.04. The van der Waals surface area contributed by atoms with E-state index in [0.29, 0.717) is 6.26 Å². The second kappa shape index (κ2) is 9.64. The lowest BCUT2D eigenvalue weighted by Crippen LogP contribution is -2.55. The highest BCUT2D eigenvalue weighted by molar-refractivity contribution is 7.84. The molecule has 0 heterocycles. The zero-order chi connectivity index (χ0) is 18.1. The van der Waals surface area contributed by atoms with E-state index in [2.05, 4.69) is 26.1 Å². The van der Waals surface area contributed by atoms with Crippen LogP contribution in [0.5, 0.6) is 0 Å². The first-order chi connectivity index (χ1) is 10.6. The van der Waals surface area contributed by atoms with Gasteiger partial charge in [-0.3, -0.25) is 4.79 Å². The van der Waals surface area contributed by atoms with E-state index in [1.54, 1.807) is 7.05 Å². The molecule has 1 unspecified atom stereocenters. The highest BCUT2D eigenvalue weighted by Gasteiger charge is 2.38. The number of quaternary nitrogens is 1. The van der Waals surface area contributed by atoms with Gasteiger partial charge in [-0.2, -0.15) is 0 Å². The molecule has 1 atom stereocenters. The van der Waals surface area contributed by atoms with Gasteiger partial charge in [0.15, 0.2) is 6.04 Å². The van der Waals surface area contributed by atoms with E-state index in [1.165, 1.54) is 0 Å². The molecule has 0 aliphatic heterocycles. The molecule has 0 radical (unpaired) electrons. The number of hydrogen-bond donors (Lipinski definition) is 1. The smallest absolute Gasteiger partial charge is 0.283 e. The highest BCUT2D eigenvalue weighted by atomic mass is 32.2. The van der Waals surface area contributed by atoms with Crippen LogP contribution in [0.2, 0.25) is 0 Å². The molecule has 0 bridgehead atoms. The number of amides is 1. The monoisotopic (exact) mass is 344 g/mol. The predicted octanol–water partition coefficient (Wildman–Crippen LogP) is 1.51. The number of likely N-dealkylation sites (N-methyl/N-ethyl adjacent to an activating group) is 2. The first-order valence-electron chi connectivity index (χ1n) is 7.68. The molecular weight excluding hydrogens is 316 g/mol. The third-order valence-electron chi connectivity index (χ3n) is 4.05. The maximum Gasteiger partial charge on any atom is 0.283 e. The minimum absolute atomic E-state index is 0.103. The molecular formula is C16H28N2O4S. The summed E-state index contributed by atoms with van der Waals surface area (Å²) in [6, 6.07) is 9.98. The van der Waals surface area contributed by atoms with Crippen molar-refractivity contribution in [3.8, 4) is 0 Å². The summed E-state index contributed by atoms with van der Waals surface area (Å²) in [5.41, 5.74) is 1.10. The third kappa shape index (κ3) is 7.11. The van der Waals surface area contributed by atoms with Gasteiger partial charge in [0.05, 0.1) is 29.8 Å². The van der Waals surface area contributed by atoms with E-state index in [9.17, 15) is 4.79 Å². The van der Waals surface area contributed by atoms with Crippen molar-refractivity contribution in [2.75, 3.05) is 32.9 Å². The summed E-state index contributed by atoms with van der Waals surface area (Å²) in [4.78, 5) is 12.3. The summed E-state index contributed by atoms with van der Waals surface area (Å²) < 4.78 is 28.0. The molecule has 0 saturated heterocycles. The molecule has 7 heteroatoms. The van der Waals surface area contributed by atoms with Crippen molar-refractivity contribution in [2.24, 2.45) is 0 Å². The van der Waals surface area contributed by atoms with Crippen LogP contribution in [-0.2, 0) is 14.9 Å². The second-order valence-corrected chi connectivity index (χ2v) is 6.71. The van der Waals surface area contributed by atoms with Crippen molar-refractivity contribution in [2.45, 2.75) is 26.8 Å². The number of benzene rings is 1. The molecule has 1 N–H and O–H groups in total. The standard InChI is InChI=1S/C15H24N2O.CH4O3S/c1-5-17(6-2,7-3)14(15(18)16-4)13-11-9-8-10-12-13;1-5(2,3)4/h8-12,14H,5-7H2,1-4H3;1H3,(H,2,3,4). The van der Waals surface area contributed by atoms with Crippen LogP contribution in [0.4, 0.5) is 0 Å². The van der Waals surface area contributed by atoms with Crippen LogP contribution in [0.25, 0.3) is 0 Å². The predicted molar refractivity (Wildman–Crippen MR) is 90.8 cm³/mol. The Morgan fingerprint density at radius 3 is 1.83 bits per heavy atom. The van der Waals surface area contributed by atoms with Gasteiger partial charge in [0, 0.05) is 18.9 Å². The second-order valence-electron chi connectivity index (χ2n) is 5.30. The molecule has 0 saturated carbocycles. The molecule has 0 aromatic heterocycles. The molecule has 0 fully saturated rings. The molecule has 0 aliphatic rings. The molecule has 6 nitrogen and oxygen atoms in total. The van der Waals surface area contributed by atoms with Gasteiger partial charge in [-0.1, -0.05) is 30.3 Å². The topological polar surface area (TPSA) is 86.3 Å². The van der Waals surface area contributed by atoms with Crippen molar-refractivity contribution in [1.82, 2.24) is 5.32 Å². The van der Waals surface area contributed by atoms with Gasteiger partial charge in [-0.25, -0.2) is 8.42 Å². The SMILES string of the molecule is CC[N+](CC)(CC)C(C(=O)NC)c1ccccc1.CS(=O)(=O)[O-]. The number of nitrogens with zero attached hydrogens (tertiary/aromatic N) is 1. The van der Waals surface area contributed by atoms with Gasteiger partial charge in [-0.15, -0.1) is 0 Å². The largest absolute Gasteiger partial charge is 0.748 e. The molecule has 132 valence electrons. The molecule has 1 aromatic carbocycles. The summed E-state index contributed by atoms with van der Waals surface area (Å²) in [5.74, 6) is 0.103. The fourth-order valence-electron chi connectivity index (χ4n) is 2.71. The van der Waals surface area contributed by atoms with Crippen molar-refractivity contribution < 1.29 is 22.2 Å². The fourth-order valence-corrected chi connectivity index (χ4v) is 2.71. The van der Waals surface area contributed by atoms with Crippen LogP contribution in [0.3, 0.4) is 0 Å². The normalized spacial score (nSPS) is 12.8. The molecule has 0 aliphatic carbocycles. The van der Waals surface area contributed by atoms with Crippen LogP contribution in [0.15, 0.2) is 30.3 Å². The summed E-state index contributed by atoms with van der Waals surface area (Å²) >= 11 is 0. The Bertz CT molecular complexity index is 553. The van der Waals surface area contributed by atoms with Crippen LogP contribution in [-0.4, -0.2) is 56.3 Å². The zero-order valence-electron chi connectivity index (χ0n) is 14.6. The van der Waals surface area contributed by atoms with Crippen LogP contribution in [0.1, 0.15) is 32.4 Å². The van der Waals surface area contributed by atoms with Crippen molar-refractivity contribution in [1.29, 1.82) is 0 Å². The summed E-state index contributed by atoms with van der Waals surface area (Å²) in [6.45, 7) is 9.35. The van der Waals surface area contributed by atoms with Gasteiger partial charge in [-0.05, 0) is 20.8 Å². The van der Waals surface area contributed by atoms with Crippen LogP contribution >= 0.6 is 0 Å². The number of rotatable bonds is 6. The van der Waals surface area contributed by atoms with Crippen LogP contribution < -0.4 is 5.32 Å². The van der Waals surface area contributed by atoms with Crippen molar-refractivity contribution in [3.05, 3.63) is 35.9 Å². The van der Waals surface area contributed by atoms with E-state index >= 15 is 0 Å². The lowest BCUT2D eigenvalue weighted by molar-refractivity contribution is -0.943. The number of carbonyl (C=O) groups excluding carboxylic acids is 1. The average Bonchev–Trinajstić information content (AvgIpc) is 2.51. The Morgan fingerprint density at radius 2 is 1.52 bits per heavy atom. The first-order valence-corrected chi connectivity index (χ1v) is 9.50. The number of nitrogens with one attached hydrogen (secondary N) is 1. The first kappa shape index (κ1) is 21.6. The third-order valence-corrected chi connectivity index (χ3v) is 4.05. The minimum Gasteiger partial charge on any atom is -0.748 e. The van der Waals surface area contributed by atoms with Crippen LogP contribution in [0, 0.1) is 0 Å². The number of carbonyl (C=O) groups is 1. The molecule has 1 amide bonds.